The number of likely N-dealkylation sites (tertiary alicyclic amines) is 1. The number of H-pyrrole nitrogens is 1. The Bertz CT molecular complexity index is 1220. The molecule has 4 aromatic rings. The second kappa shape index (κ2) is 9.78. The number of hydrogen-bond donors (Lipinski definition) is 2. The molecule has 0 radical (unpaired) electrons. The van der Waals surface area contributed by atoms with Gasteiger partial charge in [-0.3, -0.25) is 4.90 Å². The fourth-order valence-corrected chi connectivity index (χ4v) is 5.03. The van der Waals surface area contributed by atoms with Gasteiger partial charge in [-0.25, -0.2) is 15.0 Å². The first kappa shape index (κ1) is 21.7. The standard InChI is InChI=1S/C24H26N6O2S/c1-32-24-18(12-16-4-2-3-5-19(16)29-24)20-14-27-23(28-20)21-13-17(6-8-30(21)9-10-31)26-15-22-25-7-11-33-22/h2-5,7,10-12,14,17,21,26H,6,8-9,13,15H2,1H3,(H,27,28)/t17-,21+/m1/s1. The van der Waals surface area contributed by atoms with Crippen LogP contribution in [0.15, 0.2) is 48.1 Å². The van der Waals surface area contributed by atoms with Crippen molar-refractivity contribution in [1.82, 2.24) is 30.2 Å². The van der Waals surface area contributed by atoms with Gasteiger partial charge in [-0.05, 0) is 25.0 Å². The summed E-state index contributed by atoms with van der Waals surface area (Å²) in [7, 11) is 1.63. The van der Waals surface area contributed by atoms with Gasteiger partial charge in [-0.15, -0.1) is 11.3 Å². The molecule has 8 nitrogen and oxygen atoms in total. The number of methoxy groups -OCH3 is 1. The number of carbonyl (C=O) groups excluding carboxylic acids is 1. The highest BCUT2D eigenvalue weighted by atomic mass is 32.1. The van der Waals surface area contributed by atoms with Crippen LogP contribution in [0.25, 0.3) is 22.2 Å². The molecule has 0 aliphatic carbocycles. The number of aromatic amines is 1. The molecule has 1 aromatic carbocycles. The number of nitrogens with one attached hydrogen (secondary N) is 2. The van der Waals surface area contributed by atoms with Crippen molar-refractivity contribution in [1.29, 1.82) is 0 Å². The van der Waals surface area contributed by atoms with Crippen molar-refractivity contribution in [3.8, 4) is 17.1 Å². The third-order valence-electron chi connectivity index (χ3n) is 6.13. The van der Waals surface area contributed by atoms with Gasteiger partial charge in [-0.2, -0.15) is 0 Å². The largest absolute Gasteiger partial charge is 0.480 e. The quantitative estimate of drug-likeness (QED) is 0.386. The Hall–Kier alpha value is -3.14. The van der Waals surface area contributed by atoms with Gasteiger partial charge in [0.05, 0.1) is 42.7 Å². The maximum absolute atomic E-state index is 11.3. The SMILES string of the molecule is COc1nc2ccccc2cc1-c1cnc([C@@H]2C[C@H](NCc3nccs3)CCN2CC=O)[nH]1. The van der Waals surface area contributed by atoms with E-state index in [-0.39, 0.29) is 6.04 Å². The number of fused-ring (bicyclic) bond motifs is 1. The maximum atomic E-state index is 11.3. The second-order valence-corrected chi connectivity index (χ2v) is 9.10. The van der Waals surface area contributed by atoms with E-state index in [9.17, 15) is 4.79 Å². The lowest BCUT2D eigenvalue weighted by Gasteiger charge is -2.37. The van der Waals surface area contributed by atoms with Gasteiger partial charge in [0.1, 0.15) is 17.1 Å². The minimum Gasteiger partial charge on any atom is -0.480 e. The minimum absolute atomic E-state index is 0.0194. The van der Waals surface area contributed by atoms with Crippen LogP contribution in [0.2, 0.25) is 0 Å². The van der Waals surface area contributed by atoms with Crippen LogP contribution in [0.1, 0.15) is 29.7 Å². The van der Waals surface area contributed by atoms with Crippen molar-refractivity contribution in [2.45, 2.75) is 31.5 Å². The average Bonchev–Trinajstić information content (AvgIpc) is 3.55. The Labute approximate surface area is 196 Å². The zero-order chi connectivity index (χ0) is 22.6. The van der Waals surface area contributed by atoms with Crippen LogP contribution in [0.5, 0.6) is 5.88 Å². The lowest BCUT2D eigenvalue weighted by atomic mass is 9.96. The maximum Gasteiger partial charge on any atom is 0.223 e. The van der Waals surface area contributed by atoms with Crippen LogP contribution in [-0.2, 0) is 11.3 Å². The van der Waals surface area contributed by atoms with Crippen molar-refractivity contribution in [3.63, 3.8) is 0 Å². The van der Waals surface area contributed by atoms with E-state index in [2.05, 4.69) is 31.2 Å². The molecule has 0 amide bonds. The van der Waals surface area contributed by atoms with Crippen LogP contribution in [0.3, 0.4) is 0 Å². The van der Waals surface area contributed by atoms with E-state index in [4.69, 9.17) is 9.72 Å². The van der Waals surface area contributed by atoms with E-state index in [1.54, 1.807) is 18.4 Å². The molecule has 0 spiro atoms. The zero-order valence-corrected chi connectivity index (χ0v) is 19.2. The average molecular weight is 463 g/mol. The minimum atomic E-state index is 0.0194. The molecule has 1 fully saturated rings. The van der Waals surface area contributed by atoms with Gasteiger partial charge in [-0.1, -0.05) is 18.2 Å². The molecule has 0 saturated carbocycles. The number of benzene rings is 1. The van der Waals surface area contributed by atoms with Gasteiger partial charge >= 0.3 is 0 Å². The summed E-state index contributed by atoms with van der Waals surface area (Å²) in [6, 6.07) is 10.4. The lowest BCUT2D eigenvalue weighted by molar-refractivity contribution is -0.109. The Morgan fingerprint density at radius 1 is 1.33 bits per heavy atom. The fourth-order valence-electron chi connectivity index (χ4n) is 4.46. The van der Waals surface area contributed by atoms with Crippen molar-refractivity contribution < 1.29 is 9.53 Å². The van der Waals surface area contributed by atoms with Gasteiger partial charge < -0.3 is 19.8 Å². The number of nitrogens with zero attached hydrogens (tertiary/aromatic N) is 4. The highest BCUT2D eigenvalue weighted by molar-refractivity contribution is 7.09. The number of aromatic nitrogens is 4. The van der Waals surface area contributed by atoms with Gasteiger partial charge in [0, 0.05) is 36.1 Å². The smallest absolute Gasteiger partial charge is 0.223 e. The summed E-state index contributed by atoms with van der Waals surface area (Å²) in [5.41, 5.74) is 2.60. The van der Waals surface area contributed by atoms with Crippen LogP contribution in [0, 0.1) is 0 Å². The van der Waals surface area contributed by atoms with Crippen LogP contribution in [0.4, 0.5) is 0 Å². The van der Waals surface area contributed by atoms with Gasteiger partial charge in [0.25, 0.3) is 0 Å². The number of thiazole rings is 1. The molecule has 1 saturated heterocycles. The predicted octanol–water partition coefficient (Wildman–Crippen LogP) is 3.58. The number of para-hydroxylation sites is 1. The van der Waals surface area contributed by atoms with Crippen molar-refractivity contribution >= 4 is 28.5 Å². The first-order valence-corrected chi connectivity index (χ1v) is 11.9. The van der Waals surface area contributed by atoms with E-state index in [1.807, 2.05) is 42.0 Å². The molecule has 1 aliphatic heterocycles. The first-order valence-electron chi connectivity index (χ1n) is 11.0. The number of hydrogen-bond acceptors (Lipinski definition) is 8. The van der Waals surface area contributed by atoms with E-state index in [1.165, 1.54) is 0 Å². The normalized spacial score (nSPS) is 19.1. The van der Waals surface area contributed by atoms with Crippen LogP contribution >= 0.6 is 11.3 Å². The highest BCUT2D eigenvalue weighted by Crippen LogP contribution is 2.34. The van der Waals surface area contributed by atoms with Crippen molar-refractivity contribution in [2.75, 3.05) is 20.2 Å². The Kier molecular flexibility index (Phi) is 6.43. The molecule has 33 heavy (non-hydrogen) atoms. The monoisotopic (exact) mass is 462 g/mol. The van der Waals surface area contributed by atoms with Gasteiger partial charge in [0.2, 0.25) is 5.88 Å². The Balaban J connectivity index is 1.40. The number of pyridine rings is 1. The molecule has 0 bridgehead atoms. The Morgan fingerprint density at radius 2 is 2.24 bits per heavy atom. The molecule has 3 aromatic heterocycles. The van der Waals surface area contributed by atoms with E-state index in [0.29, 0.717) is 18.5 Å². The lowest BCUT2D eigenvalue weighted by Crippen LogP contribution is -2.45. The summed E-state index contributed by atoms with van der Waals surface area (Å²) >= 11 is 1.66. The van der Waals surface area contributed by atoms with Crippen molar-refractivity contribution in [3.05, 3.63) is 58.9 Å². The summed E-state index contributed by atoms with van der Waals surface area (Å²) < 4.78 is 5.58. The molecular weight excluding hydrogens is 436 g/mol. The second-order valence-electron chi connectivity index (χ2n) is 8.13. The van der Waals surface area contributed by atoms with Crippen molar-refractivity contribution in [2.24, 2.45) is 0 Å². The third kappa shape index (κ3) is 4.66. The first-order chi connectivity index (χ1) is 16.2. The molecule has 9 heteroatoms. The fraction of sp³-hybridized carbons (Fsp3) is 0.333. The summed E-state index contributed by atoms with van der Waals surface area (Å²) in [6.45, 7) is 1.97. The highest BCUT2D eigenvalue weighted by Gasteiger charge is 2.31. The number of carbonyl (C=O) groups is 1. The Morgan fingerprint density at radius 3 is 3.06 bits per heavy atom. The zero-order valence-electron chi connectivity index (χ0n) is 18.4. The molecular formula is C24H26N6O2S. The van der Waals surface area contributed by atoms with E-state index in [0.717, 1.165) is 65.2 Å². The number of aldehydes is 1. The number of piperidine rings is 1. The molecule has 2 N–H and O–H groups in total. The number of imidazole rings is 1. The molecule has 5 rings (SSSR count). The summed E-state index contributed by atoms with van der Waals surface area (Å²) in [5.74, 6) is 1.41. The predicted molar refractivity (Wildman–Crippen MR) is 128 cm³/mol. The molecule has 4 heterocycles. The molecule has 0 unspecified atom stereocenters. The topological polar surface area (TPSA) is 96.0 Å². The number of rotatable bonds is 8. The molecule has 170 valence electrons. The van der Waals surface area contributed by atoms with Crippen LogP contribution in [-0.4, -0.2) is 57.4 Å². The molecule has 2 atom stereocenters. The van der Waals surface area contributed by atoms with Gasteiger partial charge in [0.15, 0.2) is 0 Å². The summed E-state index contributed by atoms with van der Waals surface area (Å²) in [5, 5.41) is 7.74. The summed E-state index contributed by atoms with van der Waals surface area (Å²) in [4.78, 5) is 30.7. The third-order valence-corrected chi connectivity index (χ3v) is 6.91. The van der Waals surface area contributed by atoms with Crippen LogP contribution < -0.4 is 10.1 Å². The van der Waals surface area contributed by atoms with E-state index < -0.39 is 0 Å². The van der Waals surface area contributed by atoms with E-state index >= 15 is 0 Å². The molecule has 1 aliphatic rings. The summed E-state index contributed by atoms with van der Waals surface area (Å²) in [6.07, 6.45) is 6.47. The number of ether oxygens (including phenoxy) is 1.